The third kappa shape index (κ3) is 2.71. The van der Waals surface area contributed by atoms with Crippen molar-refractivity contribution in [2.75, 3.05) is 17.3 Å². The molecule has 0 bridgehead atoms. The van der Waals surface area contributed by atoms with Crippen molar-refractivity contribution in [1.82, 2.24) is 0 Å². The summed E-state index contributed by atoms with van der Waals surface area (Å²) in [5.74, 6) is -0.462. The highest BCUT2D eigenvalue weighted by molar-refractivity contribution is 6.30. The van der Waals surface area contributed by atoms with Gasteiger partial charge in [-0.05, 0) is 55.8 Å². The number of likely N-dealkylation sites (N-methyl/N-ethyl adjacent to an activating group) is 1. The first-order valence-corrected chi connectivity index (χ1v) is 7.84. The van der Waals surface area contributed by atoms with Crippen LogP contribution in [0, 0.1) is 6.92 Å². The van der Waals surface area contributed by atoms with Gasteiger partial charge in [0.1, 0.15) is 5.75 Å². The molecule has 1 atom stereocenters. The monoisotopic (exact) mass is 344 g/mol. The molecule has 0 fully saturated rings. The van der Waals surface area contributed by atoms with Crippen molar-refractivity contribution in [3.63, 3.8) is 0 Å². The largest absolute Gasteiger partial charge is 0.465 e. The third-order valence-electron chi connectivity index (χ3n) is 4.04. The van der Waals surface area contributed by atoms with E-state index in [0.717, 1.165) is 5.56 Å². The van der Waals surface area contributed by atoms with E-state index in [9.17, 15) is 9.59 Å². The van der Waals surface area contributed by atoms with E-state index in [0.29, 0.717) is 22.1 Å². The molecule has 1 aliphatic rings. The molecule has 1 heterocycles. The van der Waals surface area contributed by atoms with Crippen LogP contribution in [-0.4, -0.2) is 24.5 Å². The molecule has 3 rings (SSSR count). The van der Waals surface area contributed by atoms with Gasteiger partial charge in [0.05, 0.1) is 5.69 Å². The molecule has 0 saturated heterocycles. The summed E-state index contributed by atoms with van der Waals surface area (Å²) in [5, 5.41) is 3.27. The van der Waals surface area contributed by atoms with Gasteiger partial charge >= 0.3 is 0 Å². The number of hydrogen-bond acceptors (Lipinski definition) is 3. The van der Waals surface area contributed by atoms with Crippen LogP contribution >= 0.6 is 11.6 Å². The standard InChI is InChI=1S/C18H17ClN2O3/c1-11-4-9-15-14(10-11)21(3)17(23)18(2,24-15)16(22)20-13-7-5-12(19)6-8-13/h4-10H,1-3H3,(H,20,22). The zero-order valence-corrected chi connectivity index (χ0v) is 14.3. The fourth-order valence-corrected chi connectivity index (χ4v) is 2.72. The molecule has 0 spiro atoms. The zero-order chi connectivity index (χ0) is 17.5. The van der Waals surface area contributed by atoms with Crippen molar-refractivity contribution in [1.29, 1.82) is 0 Å². The number of hydrogen-bond donors (Lipinski definition) is 1. The number of carbonyl (C=O) groups is 2. The minimum absolute atomic E-state index is 0.424. The van der Waals surface area contributed by atoms with Crippen LogP contribution in [0.4, 0.5) is 11.4 Å². The predicted octanol–water partition coefficient (Wildman–Crippen LogP) is 3.40. The highest BCUT2D eigenvalue weighted by Gasteiger charge is 2.49. The van der Waals surface area contributed by atoms with E-state index in [-0.39, 0.29) is 0 Å². The van der Waals surface area contributed by atoms with Gasteiger partial charge in [-0.25, -0.2) is 0 Å². The van der Waals surface area contributed by atoms with Crippen LogP contribution in [0.25, 0.3) is 0 Å². The normalized spacial score (nSPS) is 19.5. The average Bonchev–Trinajstić information content (AvgIpc) is 2.56. The molecule has 0 aromatic heterocycles. The summed E-state index contributed by atoms with van der Waals surface area (Å²) in [5.41, 5.74) is 0.554. The Bertz CT molecular complexity index is 820. The molecule has 0 aliphatic carbocycles. The van der Waals surface area contributed by atoms with Gasteiger partial charge in [-0.2, -0.15) is 0 Å². The van der Waals surface area contributed by atoms with Gasteiger partial charge in [0.2, 0.25) is 0 Å². The smallest absolute Gasteiger partial charge is 0.280 e. The highest BCUT2D eigenvalue weighted by atomic mass is 35.5. The predicted molar refractivity (Wildman–Crippen MR) is 93.7 cm³/mol. The van der Waals surface area contributed by atoms with Crippen LogP contribution in [0.15, 0.2) is 42.5 Å². The molecular formula is C18H17ClN2O3. The fraction of sp³-hybridized carbons (Fsp3) is 0.222. The van der Waals surface area contributed by atoms with E-state index in [2.05, 4.69) is 5.32 Å². The van der Waals surface area contributed by atoms with E-state index in [1.165, 1.54) is 11.8 Å². The molecule has 1 aliphatic heterocycles. The SMILES string of the molecule is Cc1ccc2c(c1)N(C)C(=O)C(C)(C(=O)Nc1ccc(Cl)cc1)O2. The van der Waals surface area contributed by atoms with Crippen LogP contribution in [0.1, 0.15) is 12.5 Å². The van der Waals surface area contributed by atoms with Gasteiger partial charge in [-0.15, -0.1) is 0 Å². The molecule has 2 aromatic rings. The van der Waals surface area contributed by atoms with Gasteiger partial charge in [-0.1, -0.05) is 17.7 Å². The molecule has 5 nitrogen and oxygen atoms in total. The van der Waals surface area contributed by atoms with Crippen LogP contribution in [0.5, 0.6) is 5.75 Å². The number of halogens is 1. The van der Waals surface area contributed by atoms with Crippen LogP contribution in [0.3, 0.4) is 0 Å². The Labute approximate surface area is 145 Å². The first-order valence-electron chi connectivity index (χ1n) is 7.46. The number of aryl methyl sites for hydroxylation is 1. The van der Waals surface area contributed by atoms with Crippen molar-refractivity contribution in [3.05, 3.63) is 53.1 Å². The average molecular weight is 345 g/mol. The molecule has 2 aromatic carbocycles. The van der Waals surface area contributed by atoms with Crippen LogP contribution in [0.2, 0.25) is 5.02 Å². The topological polar surface area (TPSA) is 58.6 Å². The highest BCUT2D eigenvalue weighted by Crippen LogP contribution is 2.38. The number of fused-ring (bicyclic) bond motifs is 1. The maximum Gasteiger partial charge on any atom is 0.280 e. The number of carbonyl (C=O) groups excluding carboxylic acids is 2. The lowest BCUT2D eigenvalue weighted by molar-refractivity contribution is -0.144. The van der Waals surface area contributed by atoms with Crippen molar-refractivity contribution in [3.8, 4) is 5.75 Å². The molecule has 1 N–H and O–H groups in total. The molecule has 24 heavy (non-hydrogen) atoms. The molecule has 1 unspecified atom stereocenters. The van der Waals surface area contributed by atoms with E-state index in [1.807, 2.05) is 19.1 Å². The summed E-state index contributed by atoms with van der Waals surface area (Å²) in [6, 6.07) is 12.1. The zero-order valence-electron chi connectivity index (χ0n) is 13.6. The molecular weight excluding hydrogens is 328 g/mol. The minimum Gasteiger partial charge on any atom is -0.465 e. The maximum absolute atomic E-state index is 12.7. The lowest BCUT2D eigenvalue weighted by Gasteiger charge is -2.38. The molecule has 2 amide bonds. The van der Waals surface area contributed by atoms with Gasteiger partial charge in [0.25, 0.3) is 17.4 Å². The third-order valence-corrected chi connectivity index (χ3v) is 4.29. The molecule has 124 valence electrons. The Morgan fingerprint density at radius 2 is 1.88 bits per heavy atom. The summed E-state index contributed by atoms with van der Waals surface area (Å²) in [4.78, 5) is 26.9. The van der Waals surface area contributed by atoms with Gasteiger partial charge in [0.15, 0.2) is 0 Å². The van der Waals surface area contributed by atoms with E-state index in [1.54, 1.807) is 37.4 Å². The van der Waals surface area contributed by atoms with Crippen LogP contribution < -0.4 is 15.0 Å². The number of benzene rings is 2. The summed E-state index contributed by atoms with van der Waals surface area (Å²) < 4.78 is 5.79. The number of ether oxygens (including phenoxy) is 1. The van der Waals surface area contributed by atoms with Crippen molar-refractivity contribution >= 4 is 34.8 Å². The van der Waals surface area contributed by atoms with E-state index < -0.39 is 17.4 Å². The van der Waals surface area contributed by atoms with Crippen molar-refractivity contribution in [2.45, 2.75) is 19.4 Å². The summed E-state index contributed by atoms with van der Waals surface area (Å²) in [7, 11) is 1.64. The number of nitrogens with zero attached hydrogens (tertiary/aromatic N) is 1. The Kier molecular flexibility index (Phi) is 3.97. The van der Waals surface area contributed by atoms with E-state index >= 15 is 0 Å². The quantitative estimate of drug-likeness (QED) is 0.849. The molecule has 0 radical (unpaired) electrons. The first kappa shape index (κ1) is 16.3. The number of rotatable bonds is 2. The Hall–Kier alpha value is -2.53. The van der Waals surface area contributed by atoms with Gasteiger partial charge in [0, 0.05) is 17.8 Å². The maximum atomic E-state index is 12.7. The first-order chi connectivity index (χ1) is 11.3. The lowest BCUT2D eigenvalue weighted by atomic mass is 9.99. The van der Waals surface area contributed by atoms with Gasteiger partial charge in [-0.3, -0.25) is 9.59 Å². The second-order valence-corrected chi connectivity index (χ2v) is 6.37. The molecule has 0 saturated carbocycles. The van der Waals surface area contributed by atoms with Crippen molar-refractivity contribution < 1.29 is 14.3 Å². The minimum atomic E-state index is -1.64. The lowest BCUT2D eigenvalue weighted by Crippen LogP contribution is -2.59. The number of amides is 2. The van der Waals surface area contributed by atoms with Crippen molar-refractivity contribution in [2.24, 2.45) is 0 Å². The summed E-state index contributed by atoms with van der Waals surface area (Å²) in [6.07, 6.45) is 0. The number of nitrogens with one attached hydrogen (secondary N) is 1. The van der Waals surface area contributed by atoms with E-state index in [4.69, 9.17) is 16.3 Å². The Morgan fingerprint density at radius 1 is 1.21 bits per heavy atom. The second kappa shape index (κ2) is 5.83. The Balaban J connectivity index is 1.91. The van der Waals surface area contributed by atoms with Gasteiger partial charge < -0.3 is 15.0 Å². The van der Waals surface area contributed by atoms with Crippen LogP contribution in [-0.2, 0) is 9.59 Å². The molecule has 6 heteroatoms. The summed E-state index contributed by atoms with van der Waals surface area (Å²) >= 11 is 5.84. The second-order valence-electron chi connectivity index (χ2n) is 5.93. The Morgan fingerprint density at radius 3 is 2.54 bits per heavy atom. The number of anilines is 2. The summed E-state index contributed by atoms with van der Waals surface area (Å²) in [6.45, 7) is 3.40. The fourth-order valence-electron chi connectivity index (χ4n) is 2.60.